The molecule has 3 amide bonds. The van der Waals surface area contributed by atoms with Crippen molar-refractivity contribution in [3.05, 3.63) is 29.3 Å². The first-order chi connectivity index (χ1) is 10.1. The van der Waals surface area contributed by atoms with Crippen LogP contribution in [0.15, 0.2) is 18.2 Å². The maximum atomic E-state index is 12.2. The molecule has 1 aromatic carbocycles. The first-order valence-electron chi connectivity index (χ1n) is 7.08. The number of nitrogens with one attached hydrogen (secondary N) is 1. The SMILES string of the molecule is CCCC1NC(=O)N(Cc2cc(CN)ccc2OC)C1=O. The van der Waals surface area contributed by atoms with Crippen molar-refractivity contribution in [3.63, 3.8) is 0 Å². The number of ether oxygens (including phenoxy) is 1. The lowest BCUT2D eigenvalue weighted by Crippen LogP contribution is -2.31. The van der Waals surface area contributed by atoms with Gasteiger partial charge in [-0.15, -0.1) is 0 Å². The first-order valence-corrected chi connectivity index (χ1v) is 7.08. The topological polar surface area (TPSA) is 84.7 Å². The number of carbonyl (C=O) groups is 2. The lowest BCUT2D eigenvalue weighted by atomic mass is 10.1. The average Bonchev–Trinajstić information content (AvgIpc) is 2.75. The predicted octanol–water partition coefficient (Wildman–Crippen LogP) is 1.37. The van der Waals surface area contributed by atoms with Crippen LogP contribution in [0.25, 0.3) is 0 Å². The summed E-state index contributed by atoms with van der Waals surface area (Å²) in [5.41, 5.74) is 7.35. The normalized spacial score (nSPS) is 18.0. The Labute approximate surface area is 124 Å². The molecule has 1 unspecified atom stereocenters. The summed E-state index contributed by atoms with van der Waals surface area (Å²) in [5, 5.41) is 2.71. The molecular weight excluding hydrogens is 270 g/mol. The Hall–Kier alpha value is -2.08. The Morgan fingerprint density at radius 2 is 2.14 bits per heavy atom. The third-order valence-electron chi connectivity index (χ3n) is 3.59. The van der Waals surface area contributed by atoms with E-state index in [9.17, 15) is 9.59 Å². The monoisotopic (exact) mass is 291 g/mol. The van der Waals surface area contributed by atoms with Crippen LogP contribution < -0.4 is 15.8 Å². The highest BCUT2D eigenvalue weighted by Crippen LogP contribution is 2.23. The van der Waals surface area contributed by atoms with Gasteiger partial charge in [0.25, 0.3) is 5.91 Å². The number of methoxy groups -OCH3 is 1. The highest BCUT2D eigenvalue weighted by molar-refractivity contribution is 6.04. The Bertz CT molecular complexity index is 545. The summed E-state index contributed by atoms with van der Waals surface area (Å²) >= 11 is 0. The van der Waals surface area contributed by atoms with E-state index in [2.05, 4.69) is 5.32 Å². The van der Waals surface area contributed by atoms with Crippen molar-refractivity contribution < 1.29 is 14.3 Å². The molecular formula is C15H21N3O3. The predicted molar refractivity (Wildman–Crippen MR) is 78.7 cm³/mol. The van der Waals surface area contributed by atoms with Crippen LogP contribution in [-0.4, -0.2) is 30.0 Å². The third kappa shape index (κ3) is 3.16. The van der Waals surface area contributed by atoms with Crippen LogP contribution in [0.1, 0.15) is 30.9 Å². The van der Waals surface area contributed by atoms with Crippen LogP contribution in [-0.2, 0) is 17.9 Å². The highest BCUT2D eigenvalue weighted by atomic mass is 16.5. The quantitative estimate of drug-likeness (QED) is 0.775. The number of benzene rings is 1. The van der Waals surface area contributed by atoms with Gasteiger partial charge in [0.2, 0.25) is 0 Å². The van der Waals surface area contributed by atoms with Crippen LogP contribution in [0.4, 0.5) is 4.79 Å². The molecule has 6 heteroatoms. The summed E-state index contributed by atoms with van der Waals surface area (Å²) in [7, 11) is 1.56. The lowest BCUT2D eigenvalue weighted by molar-refractivity contribution is -0.128. The number of amides is 3. The number of hydrogen-bond acceptors (Lipinski definition) is 4. The Morgan fingerprint density at radius 3 is 2.76 bits per heavy atom. The molecule has 1 aliphatic heterocycles. The first kappa shape index (κ1) is 15.3. The molecule has 0 bridgehead atoms. The van der Waals surface area contributed by atoms with E-state index >= 15 is 0 Å². The van der Waals surface area contributed by atoms with E-state index < -0.39 is 6.04 Å². The maximum Gasteiger partial charge on any atom is 0.325 e. The Balaban J connectivity index is 2.21. The van der Waals surface area contributed by atoms with E-state index in [1.165, 1.54) is 4.90 Å². The molecule has 1 atom stereocenters. The molecule has 114 valence electrons. The Kier molecular flexibility index (Phi) is 4.80. The van der Waals surface area contributed by atoms with Gasteiger partial charge in [0.15, 0.2) is 0 Å². The van der Waals surface area contributed by atoms with Gasteiger partial charge < -0.3 is 15.8 Å². The zero-order chi connectivity index (χ0) is 15.4. The van der Waals surface area contributed by atoms with Crippen LogP contribution in [0.3, 0.4) is 0 Å². The minimum atomic E-state index is -0.411. The van der Waals surface area contributed by atoms with Gasteiger partial charge in [-0.1, -0.05) is 19.4 Å². The molecule has 1 fully saturated rings. The van der Waals surface area contributed by atoms with Crippen LogP contribution in [0, 0.1) is 0 Å². The van der Waals surface area contributed by atoms with E-state index in [-0.39, 0.29) is 18.5 Å². The summed E-state index contributed by atoms with van der Waals surface area (Å²) in [6.07, 6.45) is 1.50. The standard InChI is InChI=1S/C15H21N3O3/c1-3-4-12-14(19)18(15(20)17-12)9-11-7-10(8-16)5-6-13(11)21-2/h5-7,12H,3-4,8-9,16H2,1-2H3,(H,17,20). The van der Waals surface area contributed by atoms with E-state index in [4.69, 9.17) is 10.5 Å². The molecule has 2 rings (SSSR count). The van der Waals surface area contributed by atoms with Gasteiger partial charge in [-0.05, 0) is 24.1 Å². The van der Waals surface area contributed by atoms with Crippen LogP contribution in [0.5, 0.6) is 5.75 Å². The second kappa shape index (κ2) is 6.58. The third-order valence-corrected chi connectivity index (χ3v) is 3.59. The summed E-state index contributed by atoms with van der Waals surface area (Å²) < 4.78 is 5.29. The zero-order valence-electron chi connectivity index (χ0n) is 12.4. The van der Waals surface area contributed by atoms with Gasteiger partial charge in [-0.25, -0.2) is 4.79 Å². The summed E-state index contributed by atoms with van der Waals surface area (Å²) in [5.74, 6) is 0.466. The van der Waals surface area contributed by atoms with E-state index in [1.807, 2.05) is 19.1 Å². The molecule has 1 saturated heterocycles. The molecule has 0 radical (unpaired) electrons. The van der Waals surface area contributed by atoms with Gasteiger partial charge in [-0.2, -0.15) is 0 Å². The van der Waals surface area contributed by atoms with Crippen molar-refractivity contribution in [2.75, 3.05) is 7.11 Å². The number of nitrogens with two attached hydrogens (primary N) is 1. The molecule has 3 N–H and O–H groups in total. The van der Waals surface area contributed by atoms with E-state index in [0.29, 0.717) is 18.7 Å². The van der Waals surface area contributed by atoms with Gasteiger partial charge in [0.05, 0.1) is 13.7 Å². The molecule has 0 aromatic heterocycles. The molecule has 0 saturated carbocycles. The van der Waals surface area contributed by atoms with Gasteiger partial charge >= 0.3 is 6.03 Å². The molecule has 0 aliphatic carbocycles. The fourth-order valence-electron chi connectivity index (χ4n) is 2.46. The molecule has 1 aliphatic rings. The van der Waals surface area contributed by atoms with Gasteiger partial charge in [-0.3, -0.25) is 9.69 Å². The number of nitrogens with zero attached hydrogens (tertiary/aromatic N) is 1. The van der Waals surface area contributed by atoms with Crippen molar-refractivity contribution in [1.29, 1.82) is 0 Å². The molecule has 21 heavy (non-hydrogen) atoms. The number of hydrogen-bond donors (Lipinski definition) is 2. The summed E-state index contributed by atoms with van der Waals surface area (Å²) in [4.78, 5) is 25.4. The number of carbonyl (C=O) groups excluding carboxylic acids is 2. The van der Waals surface area contributed by atoms with Crippen molar-refractivity contribution >= 4 is 11.9 Å². The largest absolute Gasteiger partial charge is 0.496 e. The van der Waals surface area contributed by atoms with Crippen LogP contribution >= 0.6 is 0 Å². The van der Waals surface area contributed by atoms with Crippen molar-refractivity contribution in [2.24, 2.45) is 5.73 Å². The Morgan fingerprint density at radius 1 is 1.38 bits per heavy atom. The molecule has 6 nitrogen and oxygen atoms in total. The fraction of sp³-hybridized carbons (Fsp3) is 0.467. The lowest BCUT2D eigenvalue weighted by Gasteiger charge is -2.16. The van der Waals surface area contributed by atoms with Crippen molar-refractivity contribution in [2.45, 2.75) is 38.9 Å². The molecule has 0 spiro atoms. The number of rotatable bonds is 6. The van der Waals surface area contributed by atoms with E-state index in [0.717, 1.165) is 17.5 Å². The smallest absolute Gasteiger partial charge is 0.325 e. The minimum absolute atomic E-state index is 0.179. The van der Waals surface area contributed by atoms with Crippen molar-refractivity contribution in [1.82, 2.24) is 10.2 Å². The average molecular weight is 291 g/mol. The van der Waals surface area contributed by atoms with E-state index in [1.54, 1.807) is 13.2 Å². The molecule has 1 aromatic rings. The van der Waals surface area contributed by atoms with Gasteiger partial charge in [0.1, 0.15) is 11.8 Å². The fourth-order valence-corrected chi connectivity index (χ4v) is 2.46. The second-order valence-corrected chi connectivity index (χ2v) is 5.07. The summed E-state index contributed by atoms with van der Waals surface area (Å²) in [6.45, 7) is 2.58. The van der Waals surface area contributed by atoms with Crippen LogP contribution in [0.2, 0.25) is 0 Å². The molecule has 1 heterocycles. The minimum Gasteiger partial charge on any atom is -0.496 e. The second-order valence-electron chi connectivity index (χ2n) is 5.07. The van der Waals surface area contributed by atoms with Gasteiger partial charge in [0, 0.05) is 12.1 Å². The number of urea groups is 1. The highest BCUT2D eigenvalue weighted by Gasteiger charge is 2.37. The summed E-state index contributed by atoms with van der Waals surface area (Å²) in [6, 6.07) is 4.78. The number of imide groups is 1. The zero-order valence-corrected chi connectivity index (χ0v) is 12.4. The maximum absolute atomic E-state index is 12.2. The van der Waals surface area contributed by atoms with Crippen molar-refractivity contribution in [3.8, 4) is 5.75 Å².